The Morgan fingerprint density at radius 2 is 2.19 bits per heavy atom. The van der Waals surface area contributed by atoms with E-state index in [2.05, 4.69) is 22.9 Å². The minimum absolute atomic E-state index is 0.0895. The van der Waals surface area contributed by atoms with E-state index >= 15 is 0 Å². The summed E-state index contributed by atoms with van der Waals surface area (Å²) >= 11 is 3.29. The van der Waals surface area contributed by atoms with Crippen LogP contribution >= 0.6 is 15.9 Å². The largest absolute Gasteiger partial charge is 0.392 e. The second-order valence-electron chi connectivity index (χ2n) is 5.33. The summed E-state index contributed by atoms with van der Waals surface area (Å²) in [4.78, 5) is 0.193. The lowest BCUT2D eigenvalue weighted by molar-refractivity contribution is 0.0183. The van der Waals surface area contributed by atoms with Gasteiger partial charge in [0.05, 0.1) is 17.6 Å². The standard InChI is InChI=1S/C14H20BrNO4S/c1-10-5-6-16(8-13(10)20-2)21(18,19)14-7-11(9-17)3-4-12(14)15/h3-4,7,10,13,17H,5-6,8-9H2,1-2H3. The molecule has 0 aliphatic carbocycles. The van der Waals surface area contributed by atoms with Crippen molar-refractivity contribution in [2.45, 2.75) is 31.0 Å². The first-order valence-electron chi connectivity index (χ1n) is 6.82. The molecule has 1 N–H and O–H groups in total. The third-order valence-corrected chi connectivity index (χ3v) is 6.81. The van der Waals surface area contributed by atoms with E-state index in [0.29, 0.717) is 29.0 Å². The van der Waals surface area contributed by atoms with E-state index in [-0.39, 0.29) is 17.6 Å². The maximum atomic E-state index is 12.8. The highest BCUT2D eigenvalue weighted by atomic mass is 79.9. The molecule has 0 aromatic heterocycles. The van der Waals surface area contributed by atoms with Crippen LogP contribution in [0.15, 0.2) is 27.6 Å². The van der Waals surface area contributed by atoms with Crippen molar-refractivity contribution < 1.29 is 18.3 Å². The number of hydrogen-bond donors (Lipinski definition) is 1. The number of nitrogens with zero attached hydrogens (tertiary/aromatic N) is 1. The highest BCUT2D eigenvalue weighted by Crippen LogP contribution is 2.30. The molecule has 118 valence electrons. The number of methoxy groups -OCH3 is 1. The predicted octanol–water partition coefficient (Wildman–Crippen LogP) is 1.99. The quantitative estimate of drug-likeness (QED) is 0.870. The molecular formula is C14H20BrNO4S. The summed E-state index contributed by atoms with van der Waals surface area (Å²) in [5.41, 5.74) is 0.574. The van der Waals surface area contributed by atoms with Gasteiger partial charge in [-0.3, -0.25) is 0 Å². The molecule has 2 unspecified atom stereocenters. The van der Waals surface area contributed by atoms with E-state index in [1.54, 1.807) is 19.2 Å². The van der Waals surface area contributed by atoms with Crippen LogP contribution in [0, 0.1) is 5.92 Å². The molecule has 1 aromatic rings. The number of aliphatic hydroxyl groups is 1. The Morgan fingerprint density at radius 1 is 1.48 bits per heavy atom. The fraction of sp³-hybridized carbons (Fsp3) is 0.571. The van der Waals surface area contributed by atoms with Crippen LogP contribution in [-0.2, 0) is 21.4 Å². The van der Waals surface area contributed by atoms with Crippen LogP contribution in [0.4, 0.5) is 0 Å². The molecule has 7 heteroatoms. The first kappa shape index (κ1) is 16.9. The van der Waals surface area contributed by atoms with Crippen LogP contribution in [-0.4, -0.2) is 44.1 Å². The number of hydrogen-bond acceptors (Lipinski definition) is 4. The van der Waals surface area contributed by atoms with Crippen molar-refractivity contribution >= 4 is 26.0 Å². The van der Waals surface area contributed by atoms with E-state index in [1.807, 2.05) is 0 Å². The van der Waals surface area contributed by atoms with Gasteiger partial charge in [-0.2, -0.15) is 4.31 Å². The minimum Gasteiger partial charge on any atom is -0.392 e. The number of rotatable bonds is 4. The summed E-state index contributed by atoms with van der Waals surface area (Å²) in [6.45, 7) is 2.73. The fourth-order valence-electron chi connectivity index (χ4n) is 2.51. The lowest BCUT2D eigenvalue weighted by atomic mass is 9.97. The summed E-state index contributed by atoms with van der Waals surface area (Å²) in [5, 5.41) is 9.20. The number of piperidine rings is 1. The average molecular weight is 378 g/mol. The zero-order chi connectivity index (χ0) is 15.6. The zero-order valence-corrected chi connectivity index (χ0v) is 14.5. The van der Waals surface area contributed by atoms with Gasteiger partial charge in [-0.25, -0.2) is 8.42 Å². The topological polar surface area (TPSA) is 66.8 Å². The third kappa shape index (κ3) is 3.48. The molecule has 0 saturated carbocycles. The van der Waals surface area contributed by atoms with Gasteiger partial charge in [-0.15, -0.1) is 0 Å². The lowest BCUT2D eigenvalue weighted by Crippen LogP contribution is -2.46. The highest BCUT2D eigenvalue weighted by molar-refractivity contribution is 9.10. The molecule has 0 radical (unpaired) electrons. The molecule has 2 rings (SSSR count). The Bertz CT molecular complexity index is 605. The van der Waals surface area contributed by atoms with Gasteiger partial charge in [0, 0.05) is 24.7 Å². The van der Waals surface area contributed by atoms with Gasteiger partial charge in [0.1, 0.15) is 0 Å². The third-order valence-electron chi connectivity index (χ3n) is 3.95. The minimum atomic E-state index is -3.60. The van der Waals surface area contributed by atoms with Crippen LogP contribution in [0.2, 0.25) is 0 Å². The lowest BCUT2D eigenvalue weighted by Gasteiger charge is -2.35. The van der Waals surface area contributed by atoms with Crippen LogP contribution in [0.3, 0.4) is 0 Å². The van der Waals surface area contributed by atoms with E-state index in [0.717, 1.165) is 6.42 Å². The maximum absolute atomic E-state index is 12.8. The first-order valence-corrected chi connectivity index (χ1v) is 9.05. The molecule has 1 aliphatic heterocycles. The van der Waals surface area contributed by atoms with Crippen molar-refractivity contribution in [1.29, 1.82) is 0 Å². The molecule has 0 spiro atoms. The number of sulfonamides is 1. The predicted molar refractivity (Wildman–Crippen MR) is 83.4 cm³/mol. The summed E-state index contributed by atoms with van der Waals surface area (Å²) in [6.07, 6.45) is 0.683. The van der Waals surface area contributed by atoms with Crippen molar-refractivity contribution in [3.63, 3.8) is 0 Å². The Labute approximate surface area is 134 Å². The van der Waals surface area contributed by atoms with E-state index in [1.165, 1.54) is 10.4 Å². The van der Waals surface area contributed by atoms with Gasteiger partial charge in [0.25, 0.3) is 0 Å². The summed E-state index contributed by atoms with van der Waals surface area (Å²) in [6, 6.07) is 4.86. The molecular weight excluding hydrogens is 358 g/mol. The van der Waals surface area contributed by atoms with E-state index in [4.69, 9.17) is 4.74 Å². The highest BCUT2D eigenvalue weighted by Gasteiger charge is 2.34. The second-order valence-corrected chi connectivity index (χ2v) is 8.09. The van der Waals surface area contributed by atoms with Gasteiger partial charge >= 0.3 is 0 Å². The van der Waals surface area contributed by atoms with Gasteiger partial charge in [0.2, 0.25) is 10.0 Å². The van der Waals surface area contributed by atoms with Crippen LogP contribution in [0.1, 0.15) is 18.9 Å². The number of benzene rings is 1. The average Bonchev–Trinajstić information content (AvgIpc) is 2.47. The van der Waals surface area contributed by atoms with Gasteiger partial charge < -0.3 is 9.84 Å². The van der Waals surface area contributed by atoms with Crippen molar-refractivity contribution in [2.24, 2.45) is 5.92 Å². The van der Waals surface area contributed by atoms with Gasteiger partial charge in [0.15, 0.2) is 0 Å². The van der Waals surface area contributed by atoms with Crippen molar-refractivity contribution in [1.82, 2.24) is 4.31 Å². The molecule has 1 heterocycles. The molecule has 0 amide bonds. The summed E-state index contributed by atoms with van der Waals surface area (Å²) in [5.74, 6) is 0.341. The smallest absolute Gasteiger partial charge is 0.244 e. The van der Waals surface area contributed by atoms with Crippen molar-refractivity contribution in [2.75, 3.05) is 20.2 Å². The second kappa shape index (κ2) is 6.75. The van der Waals surface area contributed by atoms with Crippen molar-refractivity contribution in [3.05, 3.63) is 28.2 Å². The SMILES string of the molecule is COC1CN(S(=O)(=O)c2cc(CO)ccc2Br)CCC1C. The number of halogens is 1. The molecule has 5 nitrogen and oxygen atoms in total. The Hall–Kier alpha value is -0.470. The summed E-state index contributed by atoms with van der Waals surface area (Å²) < 4.78 is 33.0. The van der Waals surface area contributed by atoms with Gasteiger partial charge in [-0.1, -0.05) is 13.0 Å². The van der Waals surface area contributed by atoms with Gasteiger partial charge in [-0.05, 0) is 46.0 Å². The number of ether oxygens (including phenoxy) is 1. The Balaban J connectivity index is 2.34. The molecule has 2 atom stereocenters. The maximum Gasteiger partial charge on any atom is 0.244 e. The van der Waals surface area contributed by atoms with Crippen LogP contribution < -0.4 is 0 Å². The Morgan fingerprint density at radius 3 is 2.81 bits per heavy atom. The number of aliphatic hydroxyl groups excluding tert-OH is 1. The molecule has 0 bridgehead atoms. The van der Waals surface area contributed by atoms with Crippen molar-refractivity contribution in [3.8, 4) is 0 Å². The van der Waals surface area contributed by atoms with E-state index in [9.17, 15) is 13.5 Å². The fourth-order valence-corrected chi connectivity index (χ4v) is 4.96. The molecule has 21 heavy (non-hydrogen) atoms. The summed E-state index contributed by atoms with van der Waals surface area (Å²) in [7, 11) is -1.99. The first-order chi connectivity index (χ1) is 9.90. The van der Waals surface area contributed by atoms with E-state index < -0.39 is 10.0 Å². The van der Waals surface area contributed by atoms with Crippen LogP contribution in [0.25, 0.3) is 0 Å². The zero-order valence-electron chi connectivity index (χ0n) is 12.1. The molecule has 1 aliphatic rings. The monoisotopic (exact) mass is 377 g/mol. The Kier molecular flexibility index (Phi) is 5.43. The molecule has 1 fully saturated rings. The molecule has 1 saturated heterocycles. The normalized spacial score (nSPS) is 24.2. The molecule has 1 aromatic carbocycles. The van der Waals surface area contributed by atoms with Crippen LogP contribution in [0.5, 0.6) is 0 Å².